The number of amides is 1. The van der Waals surface area contributed by atoms with Gasteiger partial charge in [0.1, 0.15) is 0 Å². The summed E-state index contributed by atoms with van der Waals surface area (Å²) < 4.78 is 0. The number of hydrogen-bond acceptors (Lipinski definition) is 4. The molecule has 2 aromatic rings. The van der Waals surface area contributed by atoms with Crippen molar-refractivity contribution in [3.05, 3.63) is 51.5 Å². The highest BCUT2D eigenvalue weighted by Crippen LogP contribution is 2.11. The number of aliphatic imine (C=N–C) groups is 1. The van der Waals surface area contributed by atoms with Crippen molar-refractivity contribution >= 4 is 23.2 Å². The molecule has 1 amide bonds. The molecule has 0 aliphatic rings. The van der Waals surface area contributed by atoms with E-state index in [-0.39, 0.29) is 11.9 Å². The summed E-state index contributed by atoms with van der Waals surface area (Å²) >= 11 is 1.66. The maximum absolute atomic E-state index is 12.3. The highest BCUT2D eigenvalue weighted by Gasteiger charge is 2.11. The third kappa shape index (κ3) is 6.64. The minimum atomic E-state index is -0.0388. The van der Waals surface area contributed by atoms with Gasteiger partial charge in [0, 0.05) is 30.6 Å². The first-order valence-electron chi connectivity index (χ1n) is 9.73. The van der Waals surface area contributed by atoms with Crippen LogP contribution >= 0.6 is 11.3 Å². The largest absolute Gasteiger partial charge is 0.357 e. The smallest absolute Gasteiger partial charge is 0.251 e. The lowest BCUT2D eigenvalue weighted by Gasteiger charge is -2.21. The summed E-state index contributed by atoms with van der Waals surface area (Å²) in [6.45, 7) is 10.1. The molecule has 0 saturated carbocycles. The van der Waals surface area contributed by atoms with Gasteiger partial charge < -0.3 is 15.5 Å². The van der Waals surface area contributed by atoms with Gasteiger partial charge in [0.25, 0.3) is 5.91 Å². The van der Waals surface area contributed by atoms with E-state index < -0.39 is 0 Å². The van der Waals surface area contributed by atoms with E-state index in [9.17, 15) is 4.79 Å². The molecular formula is C21H31N5OS. The Balaban J connectivity index is 2.07. The maximum Gasteiger partial charge on any atom is 0.251 e. The van der Waals surface area contributed by atoms with Crippen LogP contribution in [0, 0.1) is 6.92 Å². The molecule has 1 atom stereocenters. The molecule has 1 aromatic carbocycles. The summed E-state index contributed by atoms with van der Waals surface area (Å²) in [5, 5.41) is 9.47. The number of nitrogens with zero attached hydrogens (tertiary/aromatic N) is 3. The third-order valence-electron chi connectivity index (χ3n) is 4.35. The van der Waals surface area contributed by atoms with Crippen LogP contribution in [-0.2, 0) is 13.1 Å². The summed E-state index contributed by atoms with van der Waals surface area (Å²) in [6, 6.07) is 7.82. The predicted octanol–water partition coefficient (Wildman–Crippen LogP) is 3.58. The number of thiazole rings is 1. The fourth-order valence-electron chi connectivity index (χ4n) is 2.65. The molecule has 0 bridgehead atoms. The van der Waals surface area contributed by atoms with Gasteiger partial charge in [0.05, 0.1) is 23.8 Å². The molecule has 2 rings (SSSR count). The summed E-state index contributed by atoms with van der Waals surface area (Å²) in [5.41, 5.74) is 2.72. The normalized spacial score (nSPS) is 12.5. The van der Waals surface area contributed by atoms with Crippen molar-refractivity contribution in [2.75, 3.05) is 13.6 Å². The number of rotatable bonds is 8. The van der Waals surface area contributed by atoms with Crippen molar-refractivity contribution in [2.24, 2.45) is 4.99 Å². The zero-order chi connectivity index (χ0) is 20.5. The van der Waals surface area contributed by atoms with Crippen LogP contribution < -0.4 is 10.6 Å². The van der Waals surface area contributed by atoms with Gasteiger partial charge in [-0.15, -0.1) is 11.3 Å². The zero-order valence-corrected chi connectivity index (χ0v) is 18.3. The summed E-state index contributed by atoms with van der Waals surface area (Å²) in [5.74, 6) is 0.783. The van der Waals surface area contributed by atoms with Crippen molar-refractivity contribution in [1.82, 2.24) is 20.5 Å². The Hall–Kier alpha value is -2.41. The van der Waals surface area contributed by atoms with Crippen molar-refractivity contribution in [1.29, 1.82) is 0 Å². The van der Waals surface area contributed by atoms with Crippen LogP contribution in [0.2, 0.25) is 0 Å². The van der Waals surface area contributed by atoms with Crippen LogP contribution in [0.4, 0.5) is 0 Å². The first-order chi connectivity index (χ1) is 13.4. The average molecular weight is 402 g/mol. The SMILES string of the molecule is CCNC(=NCc1cccc(C(=O)NC(C)CC)c1)N(C)Cc1csc(C)n1. The van der Waals surface area contributed by atoms with Gasteiger partial charge in [-0.1, -0.05) is 19.1 Å². The van der Waals surface area contributed by atoms with Crippen LogP contribution in [0.15, 0.2) is 34.6 Å². The van der Waals surface area contributed by atoms with Crippen molar-refractivity contribution < 1.29 is 4.79 Å². The summed E-state index contributed by atoms with van der Waals surface area (Å²) in [6.07, 6.45) is 0.909. The lowest BCUT2D eigenvalue weighted by molar-refractivity contribution is 0.0939. The Morgan fingerprint density at radius 3 is 2.79 bits per heavy atom. The number of benzene rings is 1. The molecular weight excluding hydrogens is 370 g/mol. The average Bonchev–Trinajstić information content (AvgIpc) is 3.09. The van der Waals surface area contributed by atoms with Gasteiger partial charge in [0.2, 0.25) is 0 Å². The van der Waals surface area contributed by atoms with Gasteiger partial charge in [-0.25, -0.2) is 9.98 Å². The maximum atomic E-state index is 12.3. The first kappa shape index (κ1) is 21.9. The second-order valence-corrected chi connectivity index (χ2v) is 7.93. The summed E-state index contributed by atoms with van der Waals surface area (Å²) in [4.78, 5) is 23.7. The lowest BCUT2D eigenvalue weighted by atomic mass is 10.1. The van der Waals surface area contributed by atoms with E-state index in [4.69, 9.17) is 4.99 Å². The van der Waals surface area contributed by atoms with E-state index in [1.165, 1.54) is 0 Å². The van der Waals surface area contributed by atoms with Crippen LogP contribution in [-0.4, -0.2) is 41.4 Å². The van der Waals surface area contributed by atoms with Gasteiger partial charge in [-0.2, -0.15) is 0 Å². The fourth-order valence-corrected chi connectivity index (χ4v) is 3.26. The molecule has 6 nitrogen and oxygen atoms in total. The van der Waals surface area contributed by atoms with E-state index in [2.05, 4.69) is 39.7 Å². The number of aromatic nitrogens is 1. The monoisotopic (exact) mass is 401 g/mol. The van der Waals surface area contributed by atoms with E-state index in [1.54, 1.807) is 11.3 Å². The highest BCUT2D eigenvalue weighted by atomic mass is 32.1. The standard InChI is InChI=1S/C21H31N5OS/c1-6-15(3)24-20(27)18-10-8-9-17(11-18)12-23-21(22-7-2)26(5)13-19-14-28-16(4)25-19/h8-11,14-15H,6-7,12-13H2,1-5H3,(H,22,23)(H,24,27). The van der Waals surface area contributed by atoms with Crippen molar-refractivity contribution in [2.45, 2.75) is 53.2 Å². The Bertz CT molecular complexity index is 802. The molecule has 0 fully saturated rings. The molecule has 0 aliphatic heterocycles. The molecule has 0 aliphatic carbocycles. The number of carbonyl (C=O) groups is 1. The van der Waals surface area contributed by atoms with Crippen LogP contribution in [0.1, 0.15) is 53.8 Å². The number of carbonyl (C=O) groups excluding carboxylic acids is 1. The summed E-state index contributed by atoms with van der Waals surface area (Å²) in [7, 11) is 2.01. The fraction of sp³-hybridized carbons (Fsp3) is 0.476. The Morgan fingerprint density at radius 1 is 1.36 bits per heavy atom. The van der Waals surface area contributed by atoms with E-state index >= 15 is 0 Å². The van der Waals surface area contributed by atoms with Crippen LogP contribution in [0.25, 0.3) is 0 Å². The van der Waals surface area contributed by atoms with Gasteiger partial charge >= 0.3 is 0 Å². The number of hydrogen-bond donors (Lipinski definition) is 2. The molecule has 0 spiro atoms. The lowest BCUT2D eigenvalue weighted by Crippen LogP contribution is -2.38. The predicted molar refractivity (Wildman–Crippen MR) is 117 cm³/mol. The highest BCUT2D eigenvalue weighted by molar-refractivity contribution is 7.09. The van der Waals surface area contributed by atoms with Gasteiger partial charge in [0.15, 0.2) is 5.96 Å². The number of nitrogens with one attached hydrogen (secondary N) is 2. The molecule has 0 radical (unpaired) electrons. The molecule has 2 N–H and O–H groups in total. The first-order valence-corrected chi connectivity index (χ1v) is 10.6. The number of aryl methyl sites for hydroxylation is 1. The van der Waals surface area contributed by atoms with E-state index in [0.29, 0.717) is 18.7 Å². The second kappa shape index (κ2) is 10.8. The molecule has 1 heterocycles. The van der Waals surface area contributed by atoms with Gasteiger partial charge in [-0.3, -0.25) is 4.79 Å². The quantitative estimate of drug-likeness (QED) is 0.524. The molecule has 1 aromatic heterocycles. The van der Waals surface area contributed by atoms with Crippen molar-refractivity contribution in [3.63, 3.8) is 0 Å². The van der Waals surface area contributed by atoms with E-state index in [1.807, 2.05) is 45.2 Å². The minimum Gasteiger partial charge on any atom is -0.357 e. The third-order valence-corrected chi connectivity index (χ3v) is 5.17. The molecule has 1 unspecified atom stereocenters. The molecule has 28 heavy (non-hydrogen) atoms. The minimum absolute atomic E-state index is 0.0388. The second-order valence-electron chi connectivity index (χ2n) is 6.87. The Labute approximate surface area is 172 Å². The van der Waals surface area contributed by atoms with Crippen LogP contribution in [0.5, 0.6) is 0 Å². The van der Waals surface area contributed by atoms with E-state index in [0.717, 1.165) is 35.2 Å². The molecule has 0 saturated heterocycles. The number of guanidine groups is 1. The van der Waals surface area contributed by atoms with Crippen LogP contribution in [0.3, 0.4) is 0 Å². The Morgan fingerprint density at radius 2 is 2.14 bits per heavy atom. The molecule has 7 heteroatoms. The van der Waals surface area contributed by atoms with Gasteiger partial charge in [-0.05, 0) is 44.9 Å². The zero-order valence-electron chi connectivity index (χ0n) is 17.5. The Kier molecular flexibility index (Phi) is 8.44. The topological polar surface area (TPSA) is 69.6 Å². The van der Waals surface area contributed by atoms with Crippen molar-refractivity contribution in [3.8, 4) is 0 Å². The molecule has 152 valence electrons.